The number of nitrogens with two attached hydrogens (primary N) is 1. The minimum atomic E-state index is -0.219. The summed E-state index contributed by atoms with van der Waals surface area (Å²) in [5.41, 5.74) is 3.79. The minimum absolute atomic E-state index is 0.170. The summed E-state index contributed by atoms with van der Waals surface area (Å²) in [6.45, 7) is 0. The largest absolute Gasteiger partial charge is 0.271 e. The van der Waals surface area contributed by atoms with Crippen molar-refractivity contribution in [3.05, 3.63) is 56.4 Å². The minimum Gasteiger partial charge on any atom is -0.271 e. The molecule has 2 aromatic rings. The Morgan fingerprint density at radius 2 is 2.20 bits per heavy atom. The van der Waals surface area contributed by atoms with E-state index >= 15 is 0 Å². The van der Waals surface area contributed by atoms with Crippen LogP contribution in [0.25, 0.3) is 0 Å². The molecule has 0 amide bonds. The van der Waals surface area contributed by atoms with Gasteiger partial charge in [0.1, 0.15) is 5.82 Å². The SMILES string of the molecule is NNC(CCCc1cccs1)Cc1cc(F)cc(Br)c1. The molecule has 1 unspecified atom stereocenters. The first-order valence-corrected chi connectivity index (χ1v) is 8.28. The van der Waals surface area contributed by atoms with Crippen molar-refractivity contribution in [1.82, 2.24) is 5.43 Å². The Labute approximate surface area is 131 Å². The van der Waals surface area contributed by atoms with Crippen LogP contribution in [0.2, 0.25) is 0 Å². The molecular weight excluding hydrogens is 339 g/mol. The number of hydrogen-bond acceptors (Lipinski definition) is 3. The zero-order chi connectivity index (χ0) is 14.4. The van der Waals surface area contributed by atoms with Gasteiger partial charge in [-0.05, 0) is 60.9 Å². The van der Waals surface area contributed by atoms with Crippen molar-refractivity contribution < 1.29 is 4.39 Å². The number of halogens is 2. The molecule has 3 N–H and O–H groups in total. The lowest BCUT2D eigenvalue weighted by Crippen LogP contribution is -2.36. The number of hydrogen-bond donors (Lipinski definition) is 2. The molecule has 20 heavy (non-hydrogen) atoms. The Bertz CT molecular complexity index is 510. The lowest BCUT2D eigenvalue weighted by atomic mass is 10.0. The molecule has 2 nitrogen and oxygen atoms in total. The van der Waals surface area contributed by atoms with Gasteiger partial charge in [0, 0.05) is 15.4 Å². The van der Waals surface area contributed by atoms with Crippen molar-refractivity contribution >= 4 is 27.3 Å². The molecule has 0 fully saturated rings. The van der Waals surface area contributed by atoms with Crippen LogP contribution in [0.3, 0.4) is 0 Å². The smallest absolute Gasteiger partial charge is 0.124 e. The van der Waals surface area contributed by atoms with Crippen molar-refractivity contribution in [2.75, 3.05) is 0 Å². The van der Waals surface area contributed by atoms with Crippen molar-refractivity contribution in [1.29, 1.82) is 0 Å². The molecule has 5 heteroatoms. The summed E-state index contributed by atoms with van der Waals surface area (Å²) in [7, 11) is 0. The van der Waals surface area contributed by atoms with Gasteiger partial charge in [-0.15, -0.1) is 11.3 Å². The molecule has 0 saturated carbocycles. The summed E-state index contributed by atoms with van der Waals surface area (Å²) in [6, 6.07) is 9.36. The number of aryl methyl sites for hydroxylation is 1. The van der Waals surface area contributed by atoms with Gasteiger partial charge in [-0.1, -0.05) is 22.0 Å². The maximum absolute atomic E-state index is 13.3. The van der Waals surface area contributed by atoms with E-state index in [1.807, 2.05) is 6.07 Å². The molecule has 108 valence electrons. The van der Waals surface area contributed by atoms with Gasteiger partial charge in [-0.25, -0.2) is 4.39 Å². The third kappa shape index (κ3) is 4.98. The highest BCUT2D eigenvalue weighted by Gasteiger charge is 2.09. The van der Waals surface area contributed by atoms with E-state index in [-0.39, 0.29) is 11.9 Å². The quantitative estimate of drug-likeness (QED) is 0.580. The van der Waals surface area contributed by atoms with E-state index in [2.05, 4.69) is 38.9 Å². The molecule has 0 saturated heterocycles. The third-order valence-corrected chi connectivity index (χ3v) is 4.59. The van der Waals surface area contributed by atoms with E-state index in [1.165, 1.54) is 10.9 Å². The lowest BCUT2D eigenvalue weighted by molar-refractivity contribution is 0.476. The number of benzene rings is 1. The summed E-state index contributed by atoms with van der Waals surface area (Å²) in [4.78, 5) is 1.40. The average Bonchev–Trinajstić information content (AvgIpc) is 2.89. The van der Waals surface area contributed by atoms with E-state index in [0.717, 1.165) is 35.7 Å². The molecular formula is C15H18BrFN2S. The van der Waals surface area contributed by atoms with E-state index in [1.54, 1.807) is 17.4 Å². The van der Waals surface area contributed by atoms with Crippen LogP contribution in [0.15, 0.2) is 40.2 Å². The van der Waals surface area contributed by atoms with Gasteiger partial charge in [0.25, 0.3) is 0 Å². The van der Waals surface area contributed by atoms with Crippen LogP contribution in [0.1, 0.15) is 23.3 Å². The second-order valence-corrected chi connectivity index (χ2v) is 6.76. The monoisotopic (exact) mass is 356 g/mol. The fourth-order valence-electron chi connectivity index (χ4n) is 2.24. The Hall–Kier alpha value is -0.750. The summed E-state index contributed by atoms with van der Waals surface area (Å²) in [5.74, 6) is 5.38. The number of rotatable bonds is 7. The molecule has 1 aromatic heterocycles. The maximum atomic E-state index is 13.3. The molecule has 0 aliphatic heterocycles. The summed E-state index contributed by atoms with van der Waals surface area (Å²) in [5, 5.41) is 2.10. The Morgan fingerprint density at radius 3 is 2.85 bits per heavy atom. The normalized spacial score (nSPS) is 12.6. The van der Waals surface area contributed by atoms with Crippen molar-refractivity contribution in [2.45, 2.75) is 31.7 Å². The predicted octanol–water partition coefficient (Wildman–Crippen LogP) is 4.05. The van der Waals surface area contributed by atoms with Crippen molar-refractivity contribution in [2.24, 2.45) is 5.84 Å². The highest BCUT2D eigenvalue weighted by Crippen LogP contribution is 2.18. The Morgan fingerprint density at radius 1 is 1.35 bits per heavy atom. The molecule has 2 rings (SSSR count). The van der Waals surface area contributed by atoms with E-state index < -0.39 is 0 Å². The highest BCUT2D eigenvalue weighted by molar-refractivity contribution is 9.10. The second kappa shape index (κ2) is 7.88. The van der Waals surface area contributed by atoms with Gasteiger partial charge in [0.2, 0.25) is 0 Å². The van der Waals surface area contributed by atoms with Gasteiger partial charge in [-0.2, -0.15) is 0 Å². The molecule has 1 aromatic carbocycles. The fourth-order valence-corrected chi connectivity index (χ4v) is 3.50. The summed E-state index contributed by atoms with van der Waals surface area (Å²) < 4.78 is 14.1. The van der Waals surface area contributed by atoms with Crippen molar-refractivity contribution in [3.63, 3.8) is 0 Å². The third-order valence-electron chi connectivity index (χ3n) is 3.20. The molecule has 0 aliphatic carbocycles. The number of hydrazine groups is 1. The van der Waals surface area contributed by atoms with Gasteiger partial charge < -0.3 is 0 Å². The first-order valence-electron chi connectivity index (χ1n) is 6.61. The van der Waals surface area contributed by atoms with Crippen LogP contribution in [0, 0.1) is 5.82 Å². The van der Waals surface area contributed by atoms with Crippen LogP contribution in [-0.2, 0) is 12.8 Å². The zero-order valence-electron chi connectivity index (χ0n) is 11.1. The summed E-state index contributed by atoms with van der Waals surface area (Å²) in [6.07, 6.45) is 3.86. The number of nitrogens with one attached hydrogen (secondary N) is 1. The van der Waals surface area contributed by atoms with Crippen LogP contribution >= 0.6 is 27.3 Å². The first-order chi connectivity index (χ1) is 9.67. The van der Waals surface area contributed by atoms with Gasteiger partial charge in [-0.3, -0.25) is 11.3 Å². The molecule has 1 heterocycles. The lowest BCUT2D eigenvalue weighted by Gasteiger charge is -2.16. The maximum Gasteiger partial charge on any atom is 0.124 e. The molecule has 0 radical (unpaired) electrons. The number of thiophene rings is 1. The average molecular weight is 357 g/mol. The van der Waals surface area contributed by atoms with Gasteiger partial charge >= 0.3 is 0 Å². The Kier molecular flexibility index (Phi) is 6.16. The Balaban J connectivity index is 1.85. The van der Waals surface area contributed by atoms with Crippen molar-refractivity contribution in [3.8, 4) is 0 Å². The topological polar surface area (TPSA) is 38.0 Å². The van der Waals surface area contributed by atoms with E-state index in [4.69, 9.17) is 5.84 Å². The highest BCUT2D eigenvalue weighted by atomic mass is 79.9. The summed E-state index contributed by atoms with van der Waals surface area (Å²) >= 11 is 5.10. The van der Waals surface area contributed by atoms with Crippen LogP contribution in [-0.4, -0.2) is 6.04 Å². The van der Waals surface area contributed by atoms with Crippen LogP contribution in [0.5, 0.6) is 0 Å². The van der Waals surface area contributed by atoms with E-state index in [9.17, 15) is 4.39 Å². The molecule has 0 spiro atoms. The molecule has 1 atom stereocenters. The van der Waals surface area contributed by atoms with Gasteiger partial charge in [0.15, 0.2) is 0 Å². The molecule has 0 aliphatic rings. The van der Waals surface area contributed by atoms with E-state index in [0.29, 0.717) is 0 Å². The first kappa shape index (κ1) is 15.6. The predicted molar refractivity (Wildman–Crippen MR) is 86.2 cm³/mol. The van der Waals surface area contributed by atoms with Gasteiger partial charge in [0.05, 0.1) is 0 Å². The van der Waals surface area contributed by atoms with Crippen LogP contribution < -0.4 is 11.3 Å². The standard InChI is InChI=1S/C15H18BrFN2S/c16-12-7-11(8-13(17)10-12)9-14(19-18)3-1-4-15-5-2-6-20-15/h2,5-8,10,14,19H,1,3-4,9,18H2. The van der Waals surface area contributed by atoms with Crippen LogP contribution in [0.4, 0.5) is 4.39 Å². The second-order valence-electron chi connectivity index (χ2n) is 4.82. The zero-order valence-corrected chi connectivity index (χ0v) is 13.5. The fraction of sp³-hybridized carbons (Fsp3) is 0.333. The molecule has 0 bridgehead atoms.